The number of alkyl halides is 1. The van der Waals surface area contributed by atoms with Crippen molar-refractivity contribution in [3.63, 3.8) is 0 Å². The summed E-state index contributed by atoms with van der Waals surface area (Å²) in [6, 6.07) is 7.89. The van der Waals surface area contributed by atoms with Crippen molar-refractivity contribution in [1.29, 1.82) is 5.26 Å². The molecule has 0 radical (unpaired) electrons. The predicted octanol–water partition coefficient (Wildman–Crippen LogP) is 4.62. The molecule has 0 saturated heterocycles. The second kappa shape index (κ2) is 5.69. The Balaban J connectivity index is 2.04. The molecule has 0 N–H and O–H groups in total. The van der Waals surface area contributed by atoms with Crippen LogP contribution >= 0.6 is 11.6 Å². The van der Waals surface area contributed by atoms with Crippen LogP contribution < -0.4 is 0 Å². The first-order chi connectivity index (χ1) is 10.1. The molecule has 1 heterocycles. The van der Waals surface area contributed by atoms with E-state index >= 15 is 0 Å². The topological polar surface area (TPSA) is 41.6 Å². The van der Waals surface area contributed by atoms with Crippen molar-refractivity contribution >= 4 is 22.6 Å². The zero-order valence-corrected chi connectivity index (χ0v) is 13.2. The lowest BCUT2D eigenvalue weighted by molar-refractivity contribution is 0.184. The van der Waals surface area contributed by atoms with E-state index in [-0.39, 0.29) is 0 Å². The smallest absolute Gasteiger partial charge is 0.124 e. The van der Waals surface area contributed by atoms with E-state index in [2.05, 4.69) is 22.5 Å². The number of rotatable bonds is 3. The van der Waals surface area contributed by atoms with E-state index in [1.807, 2.05) is 18.2 Å². The van der Waals surface area contributed by atoms with Gasteiger partial charge in [-0.1, -0.05) is 26.2 Å². The van der Waals surface area contributed by atoms with Crippen LogP contribution in [0.2, 0.25) is 0 Å². The minimum absolute atomic E-state index is 0.315. The molecule has 0 aliphatic heterocycles. The third-order valence-corrected chi connectivity index (χ3v) is 4.92. The number of fused-ring (bicyclic) bond motifs is 1. The Bertz CT molecular complexity index is 690. The third-order valence-electron chi connectivity index (χ3n) is 4.68. The van der Waals surface area contributed by atoms with E-state index in [0.717, 1.165) is 23.4 Å². The van der Waals surface area contributed by atoms with E-state index in [4.69, 9.17) is 16.9 Å². The lowest BCUT2D eigenvalue weighted by atomic mass is 9.75. The number of halogens is 1. The summed E-state index contributed by atoms with van der Waals surface area (Å²) in [4.78, 5) is 4.62. The van der Waals surface area contributed by atoms with E-state index < -0.39 is 0 Å². The molecule has 110 valence electrons. The molecular weight excluding hydrogens is 282 g/mol. The SMILES string of the molecule is CC1(Cn2c(CCl)nc3ccc(C#N)cc32)CCCCC1. The Morgan fingerprint density at radius 3 is 2.76 bits per heavy atom. The molecule has 3 nitrogen and oxygen atoms in total. The number of nitrogens with zero attached hydrogens (tertiary/aromatic N) is 3. The van der Waals surface area contributed by atoms with Crippen LogP contribution in [0.15, 0.2) is 18.2 Å². The maximum absolute atomic E-state index is 9.12. The van der Waals surface area contributed by atoms with E-state index in [0.29, 0.717) is 16.9 Å². The highest BCUT2D eigenvalue weighted by atomic mass is 35.5. The highest BCUT2D eigenvalue weighted by molar-refractivity contribution is 6.16. The molecule has 4 heteroatoms. The zero-order valence-electron chi connectivity index (χ0n) is 12.4. The molecule has 0 unspecified atom stereocenters. The van der Waals surface area contributed by atoms with Crippen molar-refractivity contribution < 1.29 is 0 Å². The standard InChI is InChI=1S/C17H20ClN3/c1-17(7-3-2-4-8-17)12-21-15-9-13(11-19)5-6-14(15)20-16(21)10-18/h5-6,9H,2-4,7-8,10,12H2,1H3. The summed E-state index contributed by atoms with van der Waals surface area (Å²) < 4.78 is 2.23. The number of imidazole rings is 1. The molecule has 1 aromatic carbocycles. The zero-order chi connectivity index (χ0) is 14.9. The molecule has 0 atom stereocenters. The lowest BCUT2D eigenvalue weighted by Gasteiger charge is -2.34. The van der Waals surface area contributed by atoms with Gasteiger partial charge in [-0.05, 0) is 36.5 Å². The fourth-order valence-corrected chi connectivity index (χ4v) is 3.67. The van der Waals surface area contributed by atoms with Gasteiger partial charge in [-0.15, -0.1) is 11.6 Å². The van der Waals surface area contributed by atoms with Gasteiger partial charge in [0.1, 0.15) is 5.82 Å². The number of benzene rings is 1. The number of aromatic nitrogens is 2. The predicted molar refractivity (Wildman–Crippen MR) is 85.2 cm³/mol. The van der Waals surface area contributed by atoms with Crippen LogP contribution in [-0.4, -0.2) is 9.55 Å². The summed E-state index contributed by atoms with van der Waals surface area (Å²) in [5.41, 5.74) is 2.97. The largest absolute Gasteiger partial charge is 0.326 e. The molecule has 3 rings (SSSR count). The van der Waals surface area contributed by atoms with Gasteiger partial charge in [0.05, 0.1) is 28.5 Å². The minimum Gasteiger partial charge on any atom is -0.326 e. The number of hydrogen-bond acceptors (Lipinski definition) is 2. The summed E-state index contributed by atoms with van der Waals surface area (Å²) in [7, 11) is 0. The van der Waals surface area contributed by atoms with E-state index in [9.17, 15) is 0 Å². The first kappa shape index (κ1) is 14.4. The van der Waals surface area contributed by atoms with Gasteiger partial charge in [0.2, 0.25) is 0 Å². The van der Waals surface area contributed by atoms with Gasteiger partial charge in [-0.25, -0.2) is 4.98 Å². The molecule has 0 amide bonds. The summed E-state index contributed by atoms with van der Waals surface area (Å²) >= 11 is 6.09. The van der Waals surface area contributed by atoms with Crippen LogP contribution in [0.5, 0.6) is 0 Å². The van der Waals surface area contributed by atoms with Gasteiger partial charge >= 0.3 is 0 Å². The molecule has 0 bridgehead atoms. The quantitative estimate of drug-likeness (QED) is 0.776. The highest BCUT2D eigenvalue weighted by Crippen LogP contribution is 2.38. The van der Waals surface area contributed by atoms with Crippen molar-refractivity contribution in [1.82, 2.24) is 9.55 Å². The van der Waals surface area contributed by atoms with Crippen LogP contribution in [0.4, 0.5) is 0 Å². The van der Waals surface area contributed by atoms with Gasteiger partial charge in [-0.3, -0.25) is 0 Å². The molecule has 21 heavy (non-hydrogen) atoms. The lowest BCUT2D eigenvalue weighted by Crippen LogP contribution is -2.26. The first-order valence-electron chi connectivity index (χ1n) is 7.60. The van der Waals surface area contributed by atoms with Crippen molar-refractivity contribution in [3.05, 3.63) is 29.6 Å². The molecule has 1 fully saturated rings. The second-order valence-corrected chi connectivity index (χ2v) is 6.70. The Labute approximate surface area is 130 Å². The summed E-state index contributed by atoms with van der Waals surface area (Å²) in [6.07, 6.45) is 6.48. The van der Waals surface area contributed by atoms with Gasteiger partial charge in [0.15, 0.2) is 0 Å². The van der Waals surface area contributed by atoms with Crippen LogP contribution in [0.3, 0.4) is 0 Å². The van der Waals surface area contributed by atoms with E-state index in [1.165, 1.54) is 32.1 Å². The fourth-order valence-electron chi connectivity index (χ4n) is 3.47. The number of hydrogen-bond donors (Lipinski definition) is 0. The molecule has 1 aliphatic rings. The maximum atomic E-state index is 9.12. The van der Waals surface area contributed by atoms with Crippen LogP contribution in [0.1, 0.15) is 50.4 Å². The Morgan fingerprint density at radius 2 is 2.10 bits per heavy atom. The van der Waals surface area contributed by atoms with Crippen molar-refractivity contribution in [2.75, 3.05) is 0 Å². The van der Waals surface area contributed by atoms with Crippen molar-refractivity contribution in [2.45, 2.75) is 51.5 Å². The van der Waals surface area contributed by atoms with Gasteiger partial charge < -0.3 is 4.57 Å². The fraction of sp³-hybridized carbons (Fsp3) is 0.529. The molecule has 1 saturated carbocycles. The highest BCUT2D eigenvalue weighted by Gasteiger charge is 2.28. The normalized spacial score (nSPS) is 17.8. The average Bonchev–Trinajstić information content (AvgIpc) is 2.84. The maximum Gasteiger partial charge on any atom is 0.124 e. The second-order valence-electron chi connectivity index (χ2n) is 6.43. The molecule has 0 spiro atoms. The van der Waals surface area contributed by atoms with Crippen LogP contribution in [-0.2, 0) is 12.4 Å². The molecular formula is C17H20ClN3. The van der Waals surface area contributed by atoms with Crippen molar-refractivity contribution in [3.8, 4) is 6.07 Å². The van der Waals surface area contributed by atoms with Gasteiger partial charge in [0.25, 0.3) is 0 Å². The van der Waals surface area contributed by atoms with Crippen molar-refractivity contribution in [2.24, 2.45) is 5.41 Å². The summed E-state index contributed by atoms with van der Waals surface area (Å²) in [6.45, 7) is 3.31. The molecule has 1 aliphatic carbocycles. The summed E-state index contributed by atoms with van der Waals surface area (Å²) in [5.74, 6) is 1.32. The third kappa shape index (κ3) is 2.78. The van der Waals surface area contributed by atoms with Crippen LogP contribution in [0.25, 0.3) is 11.0 Å². The Morgan fingerprint density at radius 1 is 1.33 bits per heavy atom. The van der Waals surface area contributed by atoms with Gasteiger partial charge in [0, 0.05) is 6.54 Å². The minimum atomic E-state index is 0.315. The molecule has 2 aromatic rings. The monoisotopic (exact) mass is 301 g/mol. The molecule has 1 aromatic heterocycles. The number of nitriles is 1. The Kier molecular flexibility index (Phi) is 3.91. The average molecular weight is 302 g/mol. The first-order valence-corrected chi connectivity index (χ1v) is 8.14. The van der Waals surface area contributed by atoms with Gasteiger partial charge in [-0.2, -0.15) is 5.26 Å². The Hall–Kier alpha value is -1.53. The van der Waals surface area contributed by atoms with Crippen LogP contribution in [0, 0.1) is 16.7 Å². The van der Waals surface area contributed by atoms with E-state index in [1.54, 1.807) is 0 Å². The summed E-state index contributed by atoms with van der Waals surface area (Å²) in [5, 5.41) is 9.12.